The lowest BCUT2D eigenvalue weighted by Crippen LogP contribution is -2.49. The Morgan fingerprint density at radius 1 is 1.24 bits per heavy atom. The fourth-order valence-corrected chi connectivity index (χ4v) is 5.25. The van der Waals surface area contributed by atoms with Crippen molar-refractivity contribution in [3.05, 3.63) is 35.1 Å². The molecule has 0 saturated carbocycles. The number of likely N-dealkylation sites (tertiary alicyclic amines) is 1. The Bertz CT molecular complexity index is 865. The molecule has 1 aromatic rings. The summed E-state index contributed by atoms with van der Waals surface area (Å²) in [6.07, 6.45) is 4.92. The van der Waals surface area contributed by atoms with Crippen LogP contribution in [0.5, 0.6) is 0 Å². The third-order valence-electron chi connectivity index (χ3n) is 7.23. The molecule has 0 aromatic heterocycles. The van der Waals surface area contributed by atoms with Crippen LogP contribution in [0, 0.1) is 24.6 Å². The molecular formula is C27H43FN4O5. The van der Waals surface area contributed by atoms with E-state index >= 15 is 0 Å². The highest BCUT2D eigenvalue weighted by Gasteiger charge is 2.32. The minimum Gasteiger partial charge on any atom is -0.453 e. The molecule has 2 aliphatic heterocycles. The minimum absolute atomic E-state index is 0.0186. The maximum Gasteiger partial charge on any atom is 0.406 e. The number of carbonyl (C=O) groups excluding carboxylic acids is 2. The molecule has 4 N–H and O–H groups in total. The number of amides is 3. The summed E-state index contributed by atoms with van der Waals surface area (Å²) in [5.74, 6) is 0.0881. The number of halogens is 1. The van der Waals surface area contributed by atoms with Crippen molar-refractivity contribution in [3.63, 3.8) is 0 Å². The quantitative estimate of drug-likeness (QED) is 0.405. The first-order valence-corrected chi connectivity index (χ1v) is 13.4. The molecular weight excluding hydrogens is 479 g/mol. The zero-order valence-corrected chi connectivity index (χ0v) is 22.2. The fraction of sp³-hybridized carbons (Fsp3) is 0.704. The van der Waals surface area contributed by atoms with Gasteiger partial charge in [0.2, 0.25) is 0 Å². The summed E-state index contributed by atoms with van der Waals surface area (Å²) < 4.78 is 30.6. The number of hydrogen-bond acceptors (Lipinski definition) is 6. The van der Waals surface area contributed by atoms with Gasteiger partial charge in [-0.1, -0.05) is 12.5 Å². The zero-order valence-electron chi connectivity index (χ0n) is 22.2. The summed E-state index contributed by atoms with van der Waals surface area (Å²) in [7, 11) is 1.30. The summed E-state index contributed by atoms with van der Waals surface area (Å²) in [6, 6.07) is 4.41. The van der Waals surface area contributed by atoms with Crippen LogP contribution in [0.25, 0.3) is 0 Å². The predicted molar refractivity (Wildman–Crippen MR) is 139 cm³/mol. The van der Waals surface area contributed by atoms with E-state index in [9.17, 15) is 14.0 Å². The Hall–Kier alpha value is -2.43. The number of alkyl carbamates (subject to hydrolysis) is 1. The number of piperidine rings is 1. The van der Waals surface area contributed by atoms with Crippen molar-refractivity contribution < 1.29 is 28.2 Å². The lowest BCUT2D eigenvalue weighted by atomic mass is 9.86. The molecule has 1 aromatic carbocycles. The van der Waals surface area contributed by atoms with Crippen LogP contribution in [0.2, 0.25) is 0 Å². The number of urea groups is 1. The van der Waals surface area contributed by atoms with E-state index in [-0.39, 0.29) is 37.0 Å². The monoisotopic (exact) mass is 522 g/mol. The number of rotatable bonds is 10. The van der Waals surface area contributed by atoms with Crippen molar-refractivity contribution in [1.82, 2.24) is 15.5 Å². The van der Waals surface area contributed by atoms with Gasteiger partial charge in [-0.05, 0) is 68.2 Å². The second-order valence-corrected chi connectivity index (χ2v) is 10.2. The van der Waals surface area contributed by atoms with Crippen molar-refractivity contribution in [2.24, 2.45) is 17.6 Å². The number of nitrogens with two attached hydrogens (primary N) is 1. The van der Waals surface area contributed by atoms with Gasteiger partial charge in [-0.25, -0.2) is 14.0 Å². The lowest BCUT2D eigenvalue weighted by molar-refractivity contribution is -0.00899. The summed E-state index contributed by atoms with van der Waals surface area (Å²) in [4.78, 5) is 26.2. The molecule has 0 bridgehead atoms. The molecule has 2 heterocycles. The van der Waals surface area contributed by atoms with Crippen LogP contribution in [0.3, 0.4) is 0 Å². The summed E-state index contributed by atoms with van der Waals surface area (Å²) >= 11 is 0. The second-order valence-electron chi connectivity index (χ2n) is 10.2. The Labute approximate surface area is 219 Å². The highest BCUT2D eigenvalue weighted by atomic mass is 19.1. The summed E-state index contributed by atoms with van der Waals surface area (Å²) in [5, 5.41) is 5.61. The smallest absolute Gasteiger partial charge is 0.406 e. The molecule has 10 heteroatoms. The van der Waals surface area contributed by atoms with E-state index in [4.69, 9.17) is 15.2 Å². The van der Waals surface area contributed by atoms with Crippen LogP contribution in [-0.4, -0.2) is 76.2 Å². The molecule has 0 radical (unpaired) electrons. The summed E-state index contributed by atoms with van der Waals surface area (Å²) in [6.45, 7) is 5.53. The van der Waals surface area contributed by atoms with E-state index in [1.165, 1.54) is 19.2 Å². The average Bonchev–Trinajstić information content (AvgIpc) is 3.17. The normalized spacial score (nSPS) is 22.0. The predicted octanol–water partition coefficient (Wildman–Crippen LogP) is 3.50. The van der Waals surface area contributed by atoms with Gasteiger partial charge < -0.3 is 35.5 Å². The van der Waals surface area contributed by atoms with Crippen LogP contribution in [-0.2, 0) is 14.2 Å². The third-order valence-corrected chi connectivity index (χ3v) is 7.23. The Morgan fingerprint density at radius 3 is 2.89 bits per heavy atom. The van der Waals surface area contributed by atoms with Gasteiger partial charge in [0.15, 0.2) is 0 Å². The van der Waals surface area contributed by atoms with Crippen LogP contribution in [0.15, 0.2) is 18.2 Å². The van der Waals surface area contributed by atoms with Gasteiger partial charge in [0, 0.05) is 51.4 Å². The van der Waals surface area contributed by atoms with E-state index < -0.39 is 12.2 Å². The van der Waals surface area contributed by atoms with E-state index in [0.29, 0.717) is 25.6 Å². The lowest BCUT2D eigenvalue weighted by Gasteiger charge is -2.37. The fourth-order valence-electron chi connectivity index (χ4n) is 5.25. The molecule has 2 saturated heterocycles. The van der Waals surface area contributed by atoms with Crippen molar-refractivity contribution in [2.75, 3.05) is 53.1 Å². The van der Waals surface area contributed by atoms with Gasteiger partial charge in [-0.15, -0.1) is 0 Å². The highest BCUT2D eigenvalue weighted by Crippen LogP contribution is 2.35. The Kier molecular flexibility index (Phi) is 11.9. The zero-order chi connectivity index (χ0) is 26.6. The topological polar surface area (TPSA) is 115 Å². The van der Waals surface area contributed by atoms with Gasteiger partial charge in [0.05, 0.1) is 19.8 Å². The molecule has 0 aliphatic carbocycles. The van der Waals surface area contributed by atoms with Gasteiger partial charge in [-0.2, -0.15) is 0 Å². The second kappa shape index (κ2) is 15.1. The van der Waals surface area contributed by atoms with E-state index in [2.05, 4.69) is 15.4 Å². The van der Waals surface area contributed by atoms with Gasteiger partial charge in [0.25, 0.3) is 0 Å². The van der Waals surface area contributed by atoms with Gasteiger partial charge >= 0.3 is 12.1 Å². The molecule has 9 nitrogen and oxygen atoms in total. The Balaban J connectivity index is 1.57. The molecule has 4 atom stereocenters. The van der Waals surface area contributed by atoms with E-state index in [1.807, 2.05) is 6.92 Å². The van der Waals surface area contributed by atoms with Crippen molar-refractivity contribution >= 4 is 12.1 Å². The number of hydrogen-bond donors (Lipinski definition) is 3. The molecule has 3 amide bonds. The summed E-state index contributed by atoms with van der Waals surface area (Å²) in [5.41, 5.74) is 8.01. The van der Waals surface area contributed by atoms with Crippen LogP contribution in [0.4, 0.5) is 14.0 Å². The highest BCUT2D eigenvalue weighted by molar-refractivity contribution is 5.74. The molecule has 37 heavy (non-hydrogen) atoms. The standard InChI is InChI=1S/C27H43FN4O5/c1-19-8-9-22(28)15-24(19)25(37-13-10-30-27(34)35-2)21-7-5-11-32(17-21)26(33)31-16-23(29)14-20-6-3-4-12-36-18-20/h8-9,15,20-21,23,25H,3-7,10-14,16-18,29H2,1-2H3,(H,30,34)(H,31,33)/t20-,21-,23+,25-/m1/s1. The first-order valence-electron chi connectivity index (χ1n) is 13.4. The van der Waals surface area contributed by atoms with Crippen molar-refractivity contribution in [3.8, 4) is 0 Å². The van der Waals surface area contributed by atoms with Crippen LogP contribution >= 0.6 is 0 Å². The minimum atomic E-state index is -0.535. The number of methoxy groups -OCH3 is 1. The molecule has 2 fully saturated rings. The number of carbonyl (C=O) groups is 2. The molecule has 3 rings (SSSR count). The largest absolute Gasteiger partial charge is 0.453 e. The molecule has 208 valence electrons. The number of nitrogens with zero attached hydrogens (tertiary/aromatic N) is 1. The number of nitrogens with one attached hydrogen (secondary N) is 2. The maximum absolute atomic E-state index is 14.2. The van der Waals surface area contributed by atoms with Crippen molar-refractivity contribution in [2.45, 2.75) is 57.6 Å². The van der Waals surface area contributed by atoms with Crippen LogP contribution < -0.4 is 16.4 Å². The van der Waals surface area contributed by atoms with Gasteiger partial charge in [0.1, 0.15) is 5.82 Å². The Morgan fingerprint density at radius 2 is 2.08 bits per heavy atom. The molecule has 0 unspecified atom stereocenters. The number of benzene rings is 1. The number of aryl methyl sites for hydroxylation is 1. The van der Waals surface area contributed by atoms with E-state index in [1.54, 1.807) is 11.0 Å². The van der Waals surface area contributed by atoms with Crippen LogP contribution in [0.1, 0.15) is 55.8 Å². The SMILES string of the molecule is COC(=O)NCCO[C@@H](c1cc(F)ccc1C)[C@@H]1CCCN(C(=O)NC[C@@H](N)C[C@H]2CCCCOC2)C1. The third kappa shape index (κ3) is 9.43. The first kappa shape index (κ1) is 29.1. The average molecular weight is 523 g/mol. The first-order chi connectivity index (χ1) is 17.9. The number of ether oxygens (including phenoxy) is 3. The van der Waals surface area contributed by atoms with Gasteiger partial charge in [-0.3, -0.25) is 0 Å². The molecule has 2 aliphatic rings. The maximum atomic E-state index is 14.2. The van der Waals surface area contributed by atoms with Crippen molar-refractivity contribution in [1.29, 1.82) is 0 Å². The van der Waals surface area contributed by atoms with E-state index in [0.717, 1.165) is 62.9 Å². The molecule has 0 spiro atoms.